The van der Waals surface area contributed by atoms with E-state index in [2.05, 4.69) is 36.4 Å². The molecule has 208 valence electrons. The summed E-state index contributed by atoms with van der Waals surface area (Å²) in [4.78, 5) is 0. The summed E-state index contributed by atoms with van der Waals surface area (Å²) in [5, 5.41) is 1.90. The fraction of sp³-hybridized carbons (Fsp3) is 0.211. The van der Waals surface area contributed by atoms with Gasteiger partial charge in [0, 0.05) is 39.1 Å². The first-order chi connectivity index (χ1) is 20.6. The van der Waals surface area contributed by atoms with Gasteiger partial charge in [-0.05, 0) is 59.2 Å². The number of ether oxygens (including phenoxy) is 2. The molecule has 1 spiro atoms. The van der Waals surface area contributed by atoms with Crippen molar-refractivity contribution in [1.82, 2.24) is 0 Å². The third kappa shape index (κ3) is 3.41. The quantitative estimate of drug-likeness (QED) is 0.220. The smallest absolute Gasteiger partial charge is 0.178 e. The maximum atomic E-state index is 15.9. The lowest BCUT2D eigenvalue weighted by Crippen LogP contribution is -2.36. The monoisotopic (exact) mass is 556 g/mol. The van der Waals surface area contributed by atoms with Crippen molar-refractivity contribution in [1.29, 1.82) is 0 Å². The normalized spacial score (nSPS) is 19.7. The van der Waals surface area contributed by atoms with Gasteiger partial charge in [0.1, 0.15) is 23.1 Å². The van der Waals surface area contributed by atoms with E-state index < -0.39 is 22.7 Å². The topological polar surface area (TPSA) is 18.5 Å². The van der Waals surface area contributed by atoms with Crippen LogP contribution >= 0.6 is 0 Å². The first-order valence-electron chi connectivity index (χ1n) is 14.7. The molecule has 0 radical (unpaired) electrons. The number of hydrogen-bond acceptors (Lipinski definition) is 2. The molecule has 0 saturated heterocycles. The predicted octanol–water partition coefficient (Wildman–Crippen LogP) is 9.71. The standard InChI is InChI=1S/C38H30F2O2/c1-41-27-16-14-25(15-17-27)38(24-10-4-2-5-11-24)21-18-30-35-33(28-12-6-7-13-29(28)36(30)42-38)31-22-26(39)23-32(40)34(31)37(35)19-8-3-9-20-37/h2,4-7,10-18,21-23H,3,8-9,19-20H2,1H3. The van der Waals surface area contributed by atoms with Gasteiger partial charge in [-0.15, -0.1) is 0 Å². The van der Waals surface area contributed by atoms with Gasteiger partial charge in [0.25, 0.3) is 0 Å². The third-order valence-corrected chi connectivity index (χ3v) is 9.66. The highest BCUT2D eigenvalue weighted by molar-refractivity contribution is 6.08. The van der Waals surface area contributed by atoms with E-state index in [1.807, 2.05) is 54.6 Å². The Hall–Kier alpha value is -4.44. The van der Waals surface area contributed by atoms with E-state index in [0.717, 1.165) is 88.3 Å². The van der Waals surface area contributed by atoms with Crippen molar-refractivity contribution in [2.75, 3.05) is 7.11 Å². The summed E-state index contributed by atoms with van der Waals surface area (Å²) < 4.78 is 43.5. The molecule has 5 aromatic rings. The van der Waals surface area contributed by atoms with Gasteiger partial charge in [-0.2, -0.15) is 0 Å². The zero-order valence-electron chi connectivity index (χ0n) is 23.4. The maximum Gasteiger partial charge on any atom is 0.178 e. The van der Waals surface area contributed by atoms with Crippen molar-refractivity contribution in [3.05, 3.63) is 137 Å². The number of rotatable bonds is 3. The van der Waals surface area contributed by atoms with E-state index in [4.69, 9.17) is 9.47 Å². The summed E-state index contributed by atoms with van der Waals surface area (Å²) in [6.45, 7) is 0. The average molecular weight is 557 g/mol. The predicted molar refractivity (Wildman–Crippen MR) is 163 cm³/mol. The number of fused-ring (bicyclic) bond motifs is 10. The molecule has 0 bridgehead atoms. The van der Waals surface area contributed by atoms with Crippen molar-refractivity contribution in [2.45, 2.75) is 43.1 Å². The van der Waals surface area contributed by atoms with Crippen LogP contribution in [0.15, 0.2) is 97.1 Å². The van der Waals surface area contributed by atoms with Gasteiger partial charge in [-0.25, -0.2) is 8.78 Å². The van der Waals surface area contributed by atoms with Crippen molar-refractivity contribution in [2.24, 2.45) is 0 Å². The van der Waals surface area contributed by atoms with Crippen molar-refractivity contribution in [3.8, 4) is 22.6 Å². The molecule has 1 saturated carbocycles. The van der Waals surface area contributed by atoms with Crippen LogP contribution in [0, 0.1) is 11.6 Å². The zero-order chi connectivity index (χ0) is 28.5. The molecule has 3 aliphatic rings. The van der Waals surface area contributed by atoms with Crippen molar-refractivity contribution in [3.63, 3.8) is 0 Å². The van der Waals surface area contributed by atoms with Crippen LogP contribution in [0.25, 0.3) is 28.0 Å². The Bertz CT molecular complexity index is 1890. The van der Waals surface area contributed by atoms with Crippen LogP contribution < -0.4 is 9.47 Å². The lowest BCUT2D eigenvalue weighted by atomic mass is 9.66. The van der Waals surface area contributed by atoms with Gasteiger partial charge in [-0.1, -0.05) is 92.1 Å². The molecule has 8 rings (SSSR count). The van der Waals surface area contributed by atoms with Gasteiger partial charge in [-0.3, -0.25) is 0 Å². The third-order valence-electron chi connectivity index (χ3n) is 9.66. The molecule has 0 aromatic heterocycles. The van der Waals surface area contributed by atoms with Gasteiger partial charge in [0.2, 0.25) is 0 Å². The second-order valence-electron chi connectivity index (χ2n) is 11.8. The molecule has 1 fully saturated rings. The summed E-state index contributed by atoms with van der Waals surface area (Å²) >= 11 is 0. The fourth-order valence-electron chi connectivity index (χ4n) is 7.91. The largest absolute Gasteiger partial charge is 0.497 e. The molecule has 1 atom stereocenters. The van der Waals surface area contributed by atoms with Crippen LogP contribution in [0.2, 0.25) is 0 Å². The van der Waals surface area contributed by atoms with Crippen LogP contribution in [0.4, 0.5) is 8.78 Å². The Kier molecular flexibility index (Phi) is 5.59. The van der Waals surface area contributed by atoms with E-state index in [9.17, 15) is 4.39 Å². The number of halogens is 2. The Balaban J connectivity index is 1.46. The molecule has 1 aliphatic heterocycles. The van der Waals surface area contributed by atoms with Crippen LogP contribution in [-0.2, 0) is 11.0 Å². The number of benzene rings is 5. The van der Waals surface area contributed by atoms with Gasteiger partial charge in [0.15, 0.2) is 5.60 Å². The summed E-state index contributed by atoms with van der Waals surface area (Å²) in [6.07, 6.45) is 9.10. The molecule has 2 nitrogen and oxygen atoms in total. The Morgan fingerprint density at radius 1 is 0.738 bits per heavy atom. The molecule has 1 unspecified atom stereocenters. The van der Waals surface area contributed by atoms with Gasteiger partial charge >= 0.3 is 0 Å². The van der Waals surface area contributed by atoms with Gasteiger partial charge in [0.05, 0.1) is 7.11 Å². The van der Waals surface area contributed by atoms with E-state index >= 15 is 4.39 Å². The van der Waals surface area contributed by atoms with Crippen LogP contribution in [0.1, 0.15) is 59.9 Å². The molecule has 2 aliphatic carbocycles. The summed E-state index contributed by atoms with van der Waals surface area (Å²) in [6, 6.07) is 29.0. The molecule has 0 N–H and O–H groups in total. The highest BCUT2D eigenvalue weighted by atomic mass is 19.1. The minimum absolute atomic E-state index is 0.446. The van der Waals surface area contributed by atoms with E-state index in [0.29, 0.717) is 11.1 Å². The molecule has 5 aromatic carbocycles. The summed E-state index contributed by atoms with van der Waals surface area (Å²) in [7, 11) is 1.66. The van der Waals surface area contributed by atoms with E-state index in [1.165, 1.54) is 0 Å². The van der Waals surface area contributed by atoms with Crippen molar-refractivity contribution < 1.29 is 18.3 Å². The maximum absolute atomic E-state index is 15.9. The van der Waals surface area contributed by atoms with Gasteiger partial charge < -0.3 is 9.47 Å². The van der Waals surface area contributed by atoms with Crippen LogP contribution in [0.5, 0.6) is 11.5 Å². The number of hydrogen-bond donors (Lipinski definition) is 0. The molecule has 1 heterocycles. The van der Waals surface area contributed by atoms with Crippen LogP contribution in [0.3, 0.4) is 0 Å². The van der Waals surface area contributed by atoms with E-state index in [1.54, 1.807) is 13.2 Å². The highest BCUT2D eigenvalue weighted by Gasteiger charge is 2.50. The molecule has 42 heavy (non-hydrogen) atoms. The van der Waals surface area contributed by atoms with Crippen molar-refractivity contribution >= 4 is 16.8 Å². The zero-order valence-corrected chi connectivity index (χ0v) is 23.4. The lowest BCUT2D eigenvalue weighted by molar-refractivity contribution is 0.163. The Labute approximate surface area is 244 Å². The summed E-state index contributed by atoms with van der Waals surface area (Å²) in [5.41, 5.74) is 4.92. The van der Waals surface area contributed by atoms with Crippen LogP contribution in [-0.4, -0.2) is 7.11 Å². The first kappa shape index (κ1) is 25.3. The Morgan fingerprint density at radius 3 is 2.17 bits per heavy atom. The lowest BCUT2D eigenvalue weighted by Gasteiger charge is -2.41. The van der Waals surface area contributed by atoms with E-state index in [-0.39, 0.29) is 0 Å². The molecule has 4 heteroatoms. The second kappa shape index (κ2) is 9.29. The minimum atomic E-state index is -0.889. The fourth-order valence-corrected chi connectivity index (χ4v) is 7.91. The molecule has 0 amide bonds. The number of methoxy groups -OCH3 is 1. The molecular weight excluding hydrogens is 526 g/mol. The highest BCUT2D eigenvalue weighted by Crippen LogP contribution is 2.62. The molecular formula is C38H30F2O2. The first-order valence-corrected chi connectivity index (χ1v) is 14.7. The second-order valence-corrected chi connectivity index (χ2v) is 11.8. The Morgan fingerprint density at radius 2 is 1.43 bits per heavy atom. The SMILES string of the molecule is COc1ccc(C2(c3ccccc3)C=Cc3c4c(c5ccccc5c3O2)-c2cc(F)cc(F)c2C42CCCCC2)cc1. The average Bonchev–Trinajstić information content (AvgIpc) is 3.31. The summed E-state index contributed by atoms with van der Waals surface area (Å²) in [5.74, 6) is 0.571. The minimum Gasteiger partial charge on any atom is -0.497 e.